The molecule has 6 rings (SSSR count). The molecule has 2 heterocycles. The third-order valence-corrected chi connectivity index (χ3v) is 17.0. The van der Waals surface area contributed by atoms with Gasteiger partial charge in [0.15, 0.2) is 14.2 Å². The Labute approximate surface area is 355 Å². The van der Waals surface area contributed by atoms with Gasteiger partial charge in [-0.3, -0.25) is 14.5 Å². The van der Waals surface area contributed by atoms with Gasteiger partial charge in [0.1, 0.15) is 29.9 Å². The summed E-state index contributed by atoms with van der Waals surface area (Å²) < 4.78 is 25.3. The summed E-state index contributed by atoms with van der Waals surface area (Å²) in [7, 11) is -0.685. The number of fused-ring (bicyclic) bond motifs is 1. The number of rotatable bonds is 15. The molecule has 3 N–H and O–H groups in total. The van der Waals surface area contributed by atoms with E-state index in [2.05, 4.69) is 73.5 Å². The molecular weight excluding hydrogens is 775 g/mol. The predicted octanol–water partition coefficient (Wildman–Crippen LogP) is 10.5. The zero-order valence-corrected chi connectivity index (χ0v) is 38.0. The molecule has 0 aliphatic carbocycles. The van der Waals surface area contributed by atoms with Crippen molar-refractivity contribution in [2.75, 3.05) is 25.5 Å². The zero-order valence-electron chi connectivity index (χ0n) is 36.1. The van der Waals surface area contributed by atoms with Crippen molar-refractivity contribution in [2.45, 2.75) is 104 Å². The van der Waals surface area contributed by atoms with Gasteiger partial charge in [-0.2, -0.15) is 0 Å². The number of anilines is 1. The maximum absolute atomic E-state index is 13.9. The van der Waals surface area contributed by atoms with Crippen LogP contribution in [0.25, 0.3) is 20.5 Å². The second kappa shape index (κ2) is 18.4. The van der Waals surface area contributed by atoms with E-state index in [4.69, 9.17) is 24.4 Å². The minimum absolute atomic E-state index is 0.180. The third kappa shape index (κ3) is 11.2. The number of thiophene rings is 1. The fourth-order valence-electron chi connectivity index (χ4n) is 7.05. The molecule has 0 radical (unpaired) electrons. The van der Waals surface area contributed by atoms with Crippen LogP contribution in [-0.4, -0.2) is 57.1 Å². The van der Waals surface area contributed by atoms with Crippen molar-refractivity contribution in [1.29, 1.82) is 0 Å². The Bertz CT molecular complexity index is 2220. The number of likely N-dealkylation sites (tertiary alicyclic amines) is 1. The average molecular weight is 836 g/mol. The van der Waals surface area contributed by atoms with E-state index in [1.54, 1.807) is 39.2 Å². The zero-order chi connectivity index (χ0) is 42.5. The van der Waals surface area contributed by atoms with Gasteiger partial charge in [-0.05, 0) is 135 Å². The van der Waals surface area contributed by atoms with Gasteiger partial charge >= 0.3 is 5.97 Å². The van der Waals surface area contributed by atoms with Crippen LogP contribution in [0.3, 0.4) is 0 Å². The first-order valence-electron chi connectivity index (χ1n) is 20.6. The molecule has 0 bridgehead atoms. The molecule has 59 heavy (non-hydrogen) atoms. The van der Waals surface area contributed by atoms with Crippen LogP contribution in [0, 0.1) is 5.92 Å². The smallest absolute Gasteiger partial charge is 0.323 e. The number of carbonyl (C=O) groups excluding carboxylic acids is 2. The first kappa shape index (κ1) is 44.0. The van der Waals surface area contributed by atoms with E-state index in [1.165, 1.54) is 24.0 Å². The molecule has 4 aromatic carbocycles. The fraction of sp³-hybridized carbons (Fsp3) is 0.417. The van der Waals surface area contributed by atoms with Gasteiger partial charge < -0.3 is 29.7 Å². The van der Waals surface area contributed by atoms with Gasteiger partial charge in [-0.1, -0.05) is 75.4 Å². The Balaban J connectivity index is 1.29. The number of nitrogens with one attached hydrogen (secondary N) is 1. The Hall–Kier alpha value is -4.52. The van der Waals surface area contributed by atoms with Crippen LogP contribution in [0.5, 0.6) is 11.5 Å². The number of hydrogen-bond acceptors (Lipinski definition) is 9. The van der Waals surface area contributed by atoms with Gasteiger partial charge in [-0.15, -0.1) is 11.3 Å². The molecule has 11 heteroatoms. The number of ether oxygens (including phenoxy) is 3. The maximum Gasteiger partial charge on any atom is 0.323 e. The number of esters is 1. The van der Waals surface area contributed by atoms with Crippen molar-refractivity contribution in [2.24, 2.45) is 11.7 Å². The van der Waals surface area contributed by atoms with E-state index in [9.17, 15) is 9.59 Å². The van der Waals surface area contributed by atoms with Crippen molar-refractivity contribution in [3.8, 4) is 21.9 Å². The normalized spacial score (nSPS) is 14.9. The highest BCUT2D eigenvalue weighted by molar-refractivity contribution is 7.22. The van der Waals surface area contributed by atoms with Crippen molar-refractivity contribution in [1.82, 2.24) is 4.90 Å². The highest BCUT2D eigenvalue weighted by Crippen LogP contribution is 2.42. The van der Waals surface area contributed by atoms with E-state index in [-0.39, 0.29) is 5.04 Å². The second-order valence-electron chi connectivity index (χ2n) is 18.1. The molecule has 1 unspecified atom stereocenters. The first-order valence-corrected chi connectivity index (χ1v) is 24.3. The summed E-state index contributed by atoms with van der Waals surface area (Å²) in [6.07, 6.45) is 2.00. The quantitative estimate of drug-likeness (QED) is 0.0464. The molecule has 2 atom stereocenters. The lowest BCUT2D eigenvalue weighted by atomic mass is 9.97. The average Bonchev–Trinajstić information content (AvgIpc) is 3.81. The number of carbonyl (C=O) groups is 2. The molecular formula is C48H61N3O6SSi. The Morgan fingerprint density at radius 3 is 2.22 bits per heavy atom. The number of nitrogens with zero attached hydrogens (tertiary/aromatic N) is 1. The molecule has 9 nitrogen and oxygen atoms in total. The van der Waals surface area contributed by atoms with E-state index >= 15 is 0 Å². The topological polar surface area (TPSA) is 112 Å². The lowest BCUT2D eigenvalue weighted by Gasteiger charge is -2.39. The summed E-state index contributed by atoms with van der Waals surface area (Å²) in [6, 6.07) is 30.8. The highest BCUT2D eigenvalue weighted by Gasteiger charge is 2.44. The monoisotopic (exact) mass is 835 g/mol. The van der Waals surface area contributed by atoms with Crippen LogP contribution in [0.2, 0.25) is 18.1 Å². The number of benzene rings is 4. The fourth-order valence-corrected chi connectivity index (χ4v) is 9.48. The van der Waals surface area contributed by atoms with E-state index < -0.39 is 37.9 Å². The Morgan fingerprint density at radius 1 is 0.881 bits per heavy atom. The summed E-state index contributed by atoms with van der Waals surface area (Å²) in [4.78, 5) is 31.0. The summed E-state index contributed by atoms with van der Waals surface area (Å²) in [6.45, 7) is 19.2. The van der Waals surface area contributed by atoms with Gasteiger partial charge in [0.2, 0.25) is 5.91 Å². The number of amides is 1. The molecule has 0 saturated carbocycles. The minimum atomic E-state index is -2.43. The number of methoxy groups -OCH3 is 1. The van der Waals surface area contributed by atoms with Gasteiger partial charge in [0.05, 0.1) is 7.11 Å². The second-order valence-corrected chi connectivity index (χ2v) is 23.9. The van der Waals surface area contributed by atoms with Crippen LogP contribution in [0.1, 0.15) is 76.6 Å². The van der Waals surface area contributed by atoms with Crippen LogP contribution < -0.4 is 20.5 Å². The molecule has 1 amide bonds. The van der Waals surface area contributed by atoms with Crippen LogP contribution in [-0.2, 0) is 38.3 Å². The standard InChI is InChI=1S/C48H61N3O6SSi/c1-47(2,3)56-46(53)42(44(49)57-59(8,9)48(4,5)6)45(52)50-36-21-19-34(20-22-36)43-39(27-33-17-18-35(40(28-33)54-7)30-51-25-13-14-26-51)38-24-23-37(29-41(38)58-43)55-31-32-15-11-10-12-16-32/h10-12,15-24,28-29,42,44H,13-14,25-27,30-31,49H2,1-9H3,(H,50,52)/t42-,44?/m0/s1. The third-order valence-electron chi connectivity index (χ3n) is 11.3. The summed E-state index contributed by atoms with van der Waals surface area (Å²) in [5, 5.41) is 3.92. The molecule has 0 spiro atoms. The molecule has 1 aromatic heterocycles. The van der Waals surface area contributed by atoms with Crippen LogP contribution >= 0.6 is 11.3 Å². The largest absolute Gasteiger partial charge is 0.496 e. The summed E-state index contributed by atoms with van der Waals surface area (Å²) in [5.41, 5.74) is 11.9. The van der Waals surface area contributed by atoms with Crippen LogP contribution in [0.15, 0.2) is 91.0 Å². The lowest BCUT2D eigenvalue weighted by Crippen LogP contribution is -2.54. The van der Waals surface area contributed by atoms with Crippen molar-refractivity contribution >= 4 is 47.3 Å². The van der Waals surface area contributed by atoms with E-state index in [0.29, 0.717) is 18.7 Å². The maximum atomic E-state index is 13.9. The number of hydrogen-bond donors (Lipinski definition) is 2. The first-order chi connectivity index (χ1) is 27.9. The minimum Gasteiger partial charge on any atom is -0.496 e. The summed E-state index contributed by atoms with van der Waals surface area (Å²) in [5.74, 6) is -0.950. The SMILES string of the molecule is COc1cc(Cc2c(-c3ccc(NC(=O)[C@@H](C(=O)OC(C)(C)C)C(N)O[Si](C)(C)C(C)(C)C)cc3)sc3cc(OCc4ccccc4)ccc23)ccc1CN1CCCC1. The Kier molecular flexibility index (Phi) is 13.7. The number of nitrogens with two attached hydrogens (primary N) is 1. The highest BCUT2D eigenvalue weighted by atomic mass is 32.1. The molecule has 1 aliphatic heterocycles. The van der Waals surface area contributed by atoms with Gasteiger partial charge in [0.25, 0.3) is 0 Å². The molecule has 314 valence electrons. The van der Waals surface area contributed by atoms with Gasteiger partial charge in [-0.25, -0.2) is 0 Å². The molecule has 1 saturated heterocycles. The van der Waals surface area contributed by atoms with Gasteiger partial charge in [0, 0.05) is 27.4 Å². The van der Waals surface area contributed by atoms with Crippen molar-refractivity contribution in [3.05, 3.63) is 113 Å². The lowest BCUT2D eigenvalue weighted by molar-refractivity contribution is -0.165. The summed E-state index contributed by atoms with van der Waals surface area (Å²) >= 11 is 1.72. The van der Waals surface area contributed by atoms with E-state index in [0.717, 1.165) is 62.8 Å². The Morgan fingerprint density at radius 2 is 1.58 bits per heavy atom. The molecule has 1 aliphatic rings. The predicted molar refractivity (Wildman–Crippen MR) is 243 cm³/mol. The van der Waals surface area contributed by atoms with Crippen molar-refractivity contribution in [3.63, 3.8) is 0 Å². The molecule has 1 fully saturated rings. The van der Waals surface area contributed by atoms with Crippen LogP contribution in [0.4, 0.5) is 5.69 Å². The molecule has 5 aromatic rings. The van der Waals surface area contributed by atoms with Crippen molar-refractivity contribution < 1.29 is 28.2 Å². The van der Waals surface area contributed by atoms with E-state index in [1.807, 2.05) is 61.6 Å².